The average molecular weight is 421 g/mol. The summed E-state index contributed by atoms with van der Waals surface area (Å²) in [4.78, 5) is 32.4. The Morgan fingerprint density at radius 1 is 1.20 bits per heavy atom. The van der Waals surface area contributed by atoms with E-state index in [1.54, 1.807) is 24.9 Å². The molecule has 1 fully saturated rings. The lowest BCUT2D eigenvalue weighted by Crippen LogP contribution is -2.33. The van der Waals surface area contributed by atoms with Gasteiger partial charge in [-0.1, -0.05) is 13.0 Å². The lowest BCUT2D eigenvalue weighted by molar-refractivity contribution is -0.140. The molecule has 0 spiro atoms. The average Bonchev–Trinajstić information content (AvgIpc) is 3.29. The number of halogens is 4. The minimum absolute atomic E-state index is 0.201. The van der Waals surface area contributed by atoms with E-state index in [0.717, 1.165) is 17.7 Å². The number of nitrogens with zero attached hydrogens (tertiary/aromatic N) is 1. The molecule has 0 bridgehead atoms. The number of carbonyl (C=O) groups is 1. The number of H-pyrrole nitrogens is 2. The zero-order valence-corrected chi connectivity index (χ0v) is 16.3. The molecule has 1 saturated heterocycles. The highest BCUT2D eigenvalue weighted by atomic mass is 19.4. The number of hydrogen-bond acceptors (Lipinski definition) is 2. The normalized spacial score (nSPS) is 19.6. The van der Waals surface area contributed by atoms with Crippen molar-refractivity contribution in [2.45, 2.75) is 31.9 Å². The van der Waals surface area contributed by atoms with Gasteiger partial charge in [-0.15, -0.1) is 0 Å². The lowest BCUT2D eigenvalue weighted by atomic mass is 9.81. The van der Waals surface area contributed by atoms with Crippen LogP contribution >= 0.6 is 0 Å². The molecule has 1 aliphatic rings. The van der Waals surface area contributed by atoms with Crippen LogP contribution in [0.15, 0.2) is 35.4 Å². The molecule has 4 rings (SSSR count). The number of benzene rings is 1. The summed E-state index contributed by atoms with van der Waals surface area (Å²) in [6, 6.07) is 2.90. The third kappa shape index (κ3) is 3.18. The Morgan fingerprint density at radius 3 is 2.60 bits per heavy atom. The number of carbonyl (C=O) groups excluding carboxylic acids is 1. The van der Waals surface area contributed by atoms with E-state index in [-0.39, 0.29) is 29.0 Å². The van der Waals surface area contributed by atoms with Gasteiger partial charge in [0.1, 0.15) is 5.82 Å². The molecule has 1 amide bonds. The summed E-state index contributed by atoms with van der Waals surface area (Å²) in [6.07, 6.45) is -1.26. The Hall–Kier alpha value is -3.10. The number of pyridine rings is 1. The van der Waals surface area contributed by atoms with Crippen LogP contribution in [0.3, 0.4) is 0 Å². The van der Waals surface area contributed by atoms with Gasteiger partial charge >= 0.3 is 6.18 Å². The monoisotopic (exact) mass is 421 g/mol. The highest BCUT2D eigenvalue weighted by Gasteiger charge is 2.40. The molecular formula is C21H19F4N3O2. The van der Waals surface area contributed by atoms with Crippen LogP contribution in [-0.4, -0.2) is 33.9 Å². The smallest absolute Gasteiger partial charge is 0.360 e. The number of aromatic amines is 2. The first-order valence-corrected chi connectivity index (χ1v) is 9.37. The van der Waals surface area contributed by atoms with Crippen LogP contribution in [0, 0.1) is 12.7 Å². The molecule has 1 aromatic carbocycles. The van der Waals surface area contributed by atoms with Gasteiger partial charge in [0, 0.05) is 30.9 Å². The molecule has 2 aromatic heterocycles. The van der Waals surface area contributed by atoms with E-state index in [4.69, 9.17) is 0 Å². The van der Waals surface area contributed by atoms with Gasteiger partial charge in [0.2, 0.25) is 0 Å². The molecule has 3 aromatic rings. The van der Waals surface area contributed by atoms with E-state index in [1.807, 2.05) is 0 Å². The Kier molecular flexibility index (Phi) is 4.52. The standard InChI is InChI=1S/C21H19F4N3O2/c1-11-8-27-18(29)16-13(9-26-17(11)16)19(30)28-6-5-20(2,10-28)12-3-4-14(15(22)7-12)21(23,24)25/h3-4,7-9,26H,5-6,10H2,1-2H3,(H,27,29). The maximum atomic E-state index is 14.1. The summed E-state index contributed by atoms with van der Waals surface area (Å²) in [5, 5.41) is 0.272. The highest BCUT2D eigenvalue weighted by Crippen LogP contribution is 2.38. The number of amides is 1. The fourth-order valence-corrected chi connectivity index (χ4v) is 4.12. The van der Waals surface area contributed by atoms with Crippen LogP contribution in [0.1, 0.15) is 40.4 Å². The van der Waals surface area contributed by atoms with E-state index in [0.29, 0.717) is 24.0 Å². The van der Waals surface area contributed by atoms with Crippen molar-refractivity contribution < 1.29 is 22.4 Å². The van der Waals surface area contributed by atoms with Crippen molar-refractivity contribution in [1.29, 1.82) is 0 Å². The van der Waals surface area contributed by atoms with E-state index < -0.39 is 23.0 Å². The van der Waals surface area contributed by atoms with Gasteiger partial charge < -0.3 is 14.9 Å². The quantitative estimate of drug-likeness (QED) is 0.611. The Bertz CT molecular complexity index is 1210. The molecule has 1 aliphatic heterocycles. The van der Waals surface area contributed by atoms with Crippen LogP contribution in [0.5, 0.6) is 0 Å². The van der Waals surface area contributed by atoms with Gasteiger partial charge in [-0.2, -0.15) is 13.2 Å². The summed E-state index contributed by atoms with van der Waals surface area (Å²) in [5.74, 6) is -1.68. The predicted molar refractivity (Wildman–Crippen MR) is 103 cm³/mol. The first-order chi connectivity index (χ1) is 14.0. The van der Waals surface area contributed by atoms with Crippen molar-refractivity contribution in [3.8, 4) is 0 Å². The maximum absolute atomic E-state index is 14.1. The van der Waals surface area contributed by atoms with Crippen LogP contribution in [0.2, 0.25) is 0 Å². The van der Waals surface area contributed by atoms with Crippen LogP contribution < -0.4 is 5.56 Å². The van der Waals surface area contributed by atoms with E-state index in [1.165, 1.54) is 12.3 Å². The molecule has 0 aliphatic carbocycles. The molecule has 0 radical (unpaired) electrons. The second-order valence-electron chi connectivity index (χ2n) is 7.98. The minimum atomic E-state index is -4.76. The summed E-state index contributed by atoms with van der Waals surface area (Å²) < 4.78 is 52.6. The third-order valence-corrected chi connectivity index (χ3v) is 5.88. The van der Waals surface area contributed by atoms with E-state index in [2.05, 4.69) is 9.97 Å². The molecule has 1 unspecified atom stereocenters. The topological polar surface area (TPSA) is 69.0 Å². The number of aromatic nitrogens is 2. The van der Waals surface area contributed by atoms with Gasteiger partial charge in [0.05, 0.1) is 22.0 Å². The SMILES string of the molecule is Cc1c[nH]c(=O)c2c(C(=O)N3CCC(C)(c4ccc(C(F)(F)F)c(F)c4)C3)c[nH]c12. The second-order valence-corrected chi connectivity index (χ2v) is 7.98. The Balaban J connectivity index is 1.63. The maximum Gasteiger partial charge on any atom is 0.419 e. The van der Waals surface area contributed by atoms with Crippen molar-refractivity contribution in [1.82, 2.24) is 14.9 Å². The minimum Gasteiger partial charge on any atom is -0.360 e. The number of aryl methyl sites for hydroxylation is 1. The number of likely N-dealkylation sites (tertiary alicyclic amines) is 1. The highest BCUT2D eigenvalue weighted by molar-refractivity contribution is 6.07. The van der Waals surface area contributed by atoms with Crippen molar-refractivity contribution in [3.63, 3.8) is 0 Å². The molecule has 5 nitrogen and oxygen atoms in total. The van der Waals surface area contributed by atoms with Crippen molar-refractivity contribution in [2.75, 3.05) is 13.1 Å². The summed E-state index contributed by atoms with van der Waals surface area (Å²) in [5.41, 5.74) is -0.395. The fraction of sp³-hybridized carbons (Fsp3) is 0.333. The van der Waals surface area contributed by atoms with Crippen molar-refractivity contribution in [3.05, 3.63) is 69.0 Å². The largest absolute Gasteiger partial charge is 0.419 e. The molecule has 1 atom stereocenters. The van der Waals surface area contributed by atoms with Crippen molar-refractivity contribution >= 4 is 16.8 Å². The lowest BCUT2D eigenvalue weighted by Gasteiger charge is -2.26. The van der Waals surface area contributed by atoms with Gasteiger partial charge in [-0.05, 0) is 36.6 Å². The van der Waals surface area contributed by atoms with Crippen LogP contribution in [-0.2, 0) is 11.6 Å². The van der Waals surface area contributed by atoms with Gasteiger partial charge in [0.25, 0.3) is 11.5 Å². The first-order valence-electron chi connectivity index (χ1n) is 9.37. The third-order valence-electron chi connectivity index (χ3n) is 5.88. The van der Waals surface area contributed by atoms with Gasteiger partial charge in [-0.3, -0.25) is 9.59 Å². The Morgan fingerprint density at radius 2 is 1.93 bits per heavy atom. The first kappa shape index (κ1) is 20.2. The molecular weight excluding hydrogens is 402 g/mol. The molecule has 3 heterocycles. The van der Waals surface area contributed by atoms with Gasteiger partial charge in [0.15, 0.2) is 0 Å². The molecule has 9 heteroatoms. The predicted octanol–water partition coefficient (Wildman–Crippen LogP) is 4.13. The number of hydrogen-bond donors (Lipinski definition) is 2. The summed E-state index contributed by atoms with van der Waals surface area (Å²) in [6.45, 7) is 4.13. The molecule has 0 saturated carbocycles. The fourth-order valence-electron chi connectivity index (χ4n) is 4.12. The number of fused-ring (bicyclic) bond motifs is 1. The van der Waals surface area contributed by atoms with Crippen molar-refractivity contribution in [2.24, 2.45) is 0 Å². The zero-order chi connectivity index (χ0) is 21.8. The van der Waals surface area contributed by atoms with E-state index >= 15 is 0 Å². The number of alkyl halides is 3. The summed E-state index contributed by atoms with van der Waals surface area (Å²) in [7, 11) is 0. The summed E-state index contributed by atoms with van der Waals surface area (Å²) >= 11 is 0. The van der Waals surface area contributed by atoms with Crippen LogP contribution in [0.4, 0.5) is 17.6 Å². The van der Waals surface area contributed by atoms with Gasteiger partial charge in [-0.25, -0.2) is 4.39 Å². The zero-order valence-electron chi connectivity index (χ0n) is 16.3. The molecule has 158 valence electrons. The van der Waals surface area contributed by atoms with E-state index in [9.17, 15) is 27.2 Å². The van der Waals surface area contributed by atoms with Crippen LogP contribution in [0.25, 0.3) is 10.9 Å². The number of rotatable bonds is 2. The number of nitrogens with one attached hydrogen (secondary N) is 2. The molecule has 2 N–H and O–H groups in total. The second kappa shape index (κ2) is 6.72. The Labute approximate surface area is 168 Å². The molecule has 30 heavy (non-hydrogen) atoms.